The van der Waals surface area contributed by atoms with Crippen LogP contribution in [0.3, 0.4) is 0 Å². The van der Waals surface area contributed by atoms with Crippen LogP contribution in [0.1, 0.15) is 37.3 Å². The average Bonchev–Trinajstić information content (AvgIpc) is 2.47. The average molecular weight is 283 g/mol. The Balaban J connectivity index is 1.94. The number of aryl methyl sites for hydroxylation is 2. The van der Waals surface area contributed by atoms with Gasteiger partial charge < -0.3 is 5.32 Å². The molecule has 0 saturated heterocycles. The molecule has 21 heavy (non-hydrogen) atoms. The van der Waals surface area contributed by atoms with Gasteiger partial charge in [0.05, 0.1) is 6.42 Å². The van der Waals surface area contributed by atoms with Gasteiger partial charge in [-0.05, 0) is 30.0 Å². The van der Waals surface area contributed by atoms with Gasteiger partial charge in [0.25, 0.3) is 0 Å². The lowest BCUT2D eigenvalue weighted by atomic mass is 10.0. The van der Waals surface area contributed by atoms with Crippen LogP contribution in [0, 0.1) is 6.92 Å². The summed E-state index contributed by atoms with van der Waals surface area (Å²) in [5, 5.41) is 3.02. The molecule has 0 fully saturated rings. The SMILES string of the molecule is Cc1cc[n+](CCC(=O)Nc2ccccc2C(C)C)cc1. The molecule has 1 amide bonds. The summed E-state index contributed by atoms with van der Waals surface area (Å²) in [6.07, 6.45) is 4.48. The normalized spacial score (nSPS) is 10.7. The van der Waals surface area contributed by atoms with Crippen molar-refractivity contribution in [2.75, 3.05) is 5.32 Å². The zero-order chi connectivity index (χ0) is 15.2. The highest BCUT2D eigenvalue weighted by atomic mass is 16.1. The molecule has 1 aromatic heterocycles. The molecule has 0 aliphatic carbocycles. The van der Waals surface area contributed by atoms with Gasteiger partial charge in [0.15, 0.2) is 18.9 Å². The van der Waals surface area contributed by atoms with E-state index in [9.17, 15) is 4.79 Å². The van der Waals surface area contributed by atoms with Crippen molar-refractivity contribution in [3.05, 3.63) is 59.9 Å². The standard InChI is InChI=1S/C18H22N2O/c1-14(2)16-6-4-5-7-17(16)19-18(21)10-13-20-11-8-15(3)9-12-20/h4-9,11-12,14H,10,13H2,1-3H3/p+1. The van der Waals surface area contributed by atoms with E-state index in [0.29, 0.717) is 18.9 Å². The van der Waals surface area contributed by atoms with Crippen LogP contribution in [0.15, 0.2) is 48.8 Å². The molecule has 0 atom stereocenters. The number of carbonyl (C=O) groups excluding carboxylic acids is 1. The Hall–Kier alpha value is -2.16. The molecule has 0 bridgehead atoms. The van der Waals surface area contributed by atoms with E-state index < -0.39 is 0 Å². The molecule has 0 aliphatic heterocycles. The predicted octanol–water partition coefficient (Wildman–Crippen LogP) is 3.43. The molecule has 2 aromatic rings. The number of pyridine rings is 1. The zero-order valence-electron chi connectivity index (χ0n) is 13.0. The Bertz CT molecular complexity index is 603. The van der Waals surface area contributed by atoms with E-state index in [1.54, 1.807) is 0 Å². The van der Waals surface area contributed by atoms with Crippen molar-refractivity contribution >= 4 is 11.6 Å². The van der Waals surface area contributed by atoms with E-state index in [0.717, 1.165) is 5.69 Å². The van der Waals surface area contributed by atoms with Gasteiger partial charge in [-0.2, -0.15) is 0 Å². The summed E-state index contributed by atoms with van der Waals surface area (Å²) >= 11 is 0. The minimum absolute atomic E-state index is 0.0520. The summed E-state index contributed by atoms with van der Waals surface area (Å²) in [5.41, 5.74) is 3.32. The Morgan fingerprint density at radius 2 is 1.81 bits per heavy atom. The van der Waals surface area contributed by atoms with Crippen LogP contribution in [-0.2, 0) is 11.3 Å². The highest BCUT2D eigenvalue weighted by molar-refractivity contribution is 5.91. The molecule has 1 aromatic carbocycles. The number of nitrogens with zero attached hydrogens (tertiary/aromatic N) is 1. The lowest BCUT2D eigenvalue weighted by molar-refractivity contribution is -0.695. The van der Waals surface area contributed by atoms with Crippen LogP contribution in [0.25, 0.3) is 0 Å². The molecule has 110 valence electrons. The molecular weight excluding hydrogens is 260 g/mol. The van der Waals surface area contributed by atoms with Gasteiger partial charge in [-0.1, -0.05) is 32.0 Å². The first-order chi connectivity index (χ1) is 10.1. The van der Waals surface area contributed by atoms with Crippen LogP contribution < -0.4 is 9.88 Å². The van der Waals surface area contributed by atoms with Gasteiger partial charge in [-0.25, -0.2) is 4.57 Å². The first-order valence-corrected chi connectivity index (χ1v) is 7.41. The van der Waals surface area contributed by atoms with Crippen LogP contribution in [0.5, 0.6) is 0 Å². The fourth-order valence-electron chi connectivity index (χ4n) is 2.24. The number of para-hydroxylation sites is 1. The van der Waals surface area contributed by atoms with Crippen LogP contribution in [0.2, 0.25) is 0 Å². The molecule has 2 rings (SSSR count). The molecular formula is C18H23N2O+. The lowest BCUT2D eigenvalue weighted by Crippen LogP contribution is -2.34. The van der Waals surface area contributed by atoms with Crippen molar-refractivity contribution in [2.24, 2.45) is 0 Å². The maximum absolute atomic E-state index is 12.1. The number of carbonyl (C=O) groups is 1. The van der Waals surface area contributed by atoms with Crippen LogP contribution in [-0.4, -0.2) is 5.91 Å². The van der Waals surface area contributed by atoms with Crippen molar-refractivity contribution in [3.8, 4) is 0 Å². The summed E-state index contributed by atoms with van der Waals surface area (Å²) in [6, 6.07) is 12.1. The summed E-state index contributed by atoms with van der Waals surface area (Å²) < 4.78 is 2.03. The predicted molar refractivity (Wildman–Crippen MR) is 85.2 cm³/mol. The quantitative estimate of drug-likeness (QED) is 0.838. The first-order valence-electron chi connectivity index (χ1n) is 7.41. The monoisotopic (exact) mass is 283 g/mol. The summed E-state index contributed by atoms with van der Waals surface area (Å²) in [6.45, 7) is 7.01. The summed E-state index contributed by atoms with van der Waals surface area (Å²) in [7, 11) is 0. The van der Waals surface area contributed by atoms with Crippen LogP contribution >= 0.6 is 0 Å². The highest BCUT2D eigenvalue weighted by Crippen LogP contribution is 2.23. The van der Waals surface area contributed by atoms with E-state index in [1.807, 2.05) is 47.3 Å². The topological polar surface area (TPSA) is 33.0 Å². The Morgan fingerprint density at radius 1 is 1.14 bits per heavy atom. The van der Waals surface area contributed by atoms with E-state index in [-0.39, 0.29) is 5.91 Å². The second kappa shape index (κ2) is 7.02. The molecule has 1 heterocycles. The van der Waals surface area contributed by atoms with Gasteiger partial charge >= 0.3 is 0 Å². The fraction of sp³-hybridized carbons (Fsp3) is 0.333. The van der Waals surface area contributed by atoms with E-state index in [4.69, 9.17) is 0 Å². The van der Waals surface area contributed by atoms with Gasteiger partial charge in [0.2, 0.25) is 5.91 Å². The van der Waals surface area contributed by atoms with Gasteiger partial charge in [-0.15, -0.1) is 0 Å². The van der Waals surface area contributed by atoms with Crippen molar-refractivity contribution in [1.29, 1.82) is 0 Å². The van der Waals surface area contributed by atoms with Crippen molar-refractivity contribution in [1.82, 2.24) is 0 Å². The zero-order valence-corrected chi connectivity index (χ0v) is 13.0. The van der Waals surface area contributed by atoms with Crippen molar-refractivity contribution in [3.63, 3.8) is 0 Å². The minimum Gasteiger partial charge on any atom is -0.326 e. The van der Waals surface area contributed by atoms with Crippen molar-refractivity contribution < 1.29 is 9.36 Å². The smallest absolute Gasteiger partial charge is 0.230 e. The number of hydrogen-bond donors (Lipinski definition) is 1. The number of rotatable bonds is 5. The molecule has 3 heteroatoms. The van der Waals surface area contributed by atoms with Gasteiger partial charge in [-0.3, -0.25) is 4.79 Å². The molecule has 3 nitrogen and oxygen atoms in total. The third-order valence-corrected chi connectivity index (χ3v) is 3.51. The van der Waals surface area contributed by atoms with E-state index in [1.165, 1.54) is 11.1 Å². The number of anilines is 1. The summed E-state index contributed by atoms with van der Waals surface area (Å²) in [4.78, 5) is 12.1. The van der Waals surface area contributed by atoms with E-state index in [2.05, 4.69) is 32.2 Å². The maximum atomic E-state index is 12.1. The third kappa shape index (κ3) is 4.42. The first kappa shape index (κ1) is 15.2. The number of aromatic nitrogens is 1. The summed E-state index contributed by atoms with van der Waals surface area (Å²) in [5.74, 6) is 0.448. The molecule has 0 unspecified atom stereocenters. The fourth-order valence-corrected chi connectivity index (χ4v) is 2.24. The number of hydrogen-bond acceptors (Lipinski definition) is 1. The maximum Gasteiger partial charge on any atom is 0.230 e. The second-order valence-corrected chi connectivity index (χ2v) is 5.65. The van der Waals surface area contributed by atoms with Crippen molar-refractivity contribution in [2.45, 2.75) is 39.7 Å². The molecule has 0 radical (unpaired) electrons. The number of nitrogens with one attached hydrogen (secondary N) is 1. The second-order valence-electron chi connectivity index (χ2n) is 5.65. The number of amides is 1. The lowest BCUT2D eigenvalue weighted by Gasteiger charge is -2.13. The highest BCUT2D eigenvalue weighted by Gasteiger charge is 2.10. The van der Waals surface area contributed by atoms with Gasteiger partial charge in [0.1, 0.15) is 0 Å². The minimum atomic E-state index is 0.0520. The largest absolute Gasteiger partial charge is 0.326 e. The molecule has 0 spiro atoms. The third-order valence-electron chi connectivity index (χ3n) is 3.51. The Kier molecular flexibility index (Phi) is 5.09. The van der Waals surface area contributed by atoms with Gasteiger partial charge in [0, 0.05) is 17.8 Å². The Morgan fingerprint density at radius 3 is 2.48 bits per heavy atom. The van der Waals surface area contributed by atoms with Crippen LogP contribution in [0.4, 0.5) is 5.69 Å². The van der Waals surface area contributed by atoms with E-state index >= 15 is 0 Å². The molecule has 0 saturated carbocycles. The molecule has 0 aliphatic rings. The molecule has 1 N–H and O–H groups in total. The number of benzene rings is 1. The Labute approximate surface area is 126 Å².